The number of hydrogen-bond donors (Lipinski definition) is 1. The maximum Gasteiger partial charge on any atom is 0.303 e. The molecule has 0 aromatic rings. The predicted molar refractivity (Wildman–Crippen MR) is 56.6 cm³/mol. The molecule has 5 unspecified atom stereocenters. The van der Waals surface area contributed by atoms with E-state index < -0.39 is 5.60 Å². The summed E-state index contributed by atoms with van der Waals surface area (Å²) in [5.74, 6) is 1.20. The number of carbonyl (C=O) groups is 1. The van der Waals surface area contributed by atoms with Gasteiger partial charge in [0.2, 0.25) is 0 Å². The van der Waals surface area contributed by atoms with Crippen LogP contribution >= 0.6 is 0 Å². The van der Waals surface area contributed by atoms with Crippen LogP contribution in [0.4, 0.5) is 0 Å². The van der Waals surface area contributed by atoms with Gasteiger partial charge in [0.25, 0.3) is 0 Å². The lowest BCUT2D eigenvalue weighted by Crippen LogP contribution is -2.70. The molecule has 3 bridgehead atoms. The number of ether oxygens (including phenoxy) is 1. The second-order valence-electron chi connectivity index (χ2n) is 6.66. The van der Waals surface area contributed by atoms with Crippen molar-refractivity contribution in [3.63, 3.8) is 0 Å². The topological polar surface area (TPSA) is 46.5 Å². The van der Waals surface area contributed by atoms with Crippen LogP contribution in [-0.4, -0.2) is 22.3 Å². The zero-order valence-corrected chi connectivity index (χ0v) is 9.66. The lowest BCUT2D eigenvalue weighted by Gasteiger charge is -2.62. The minimum atomic E-state index is -0.502. The van der Waals surface area contributed by atoms with Gasteiger partial charge in [-0.2, -0.15) is 0 Å². The summed E-state index contributed by atoms with van der Waals surface area (Å²) < 4.78 is 5.67. The highest BCUT2D eigenvalue weighted by atomic mass is 16.6. The van der Waals surface area contributed by atoms with Crippen LogP contribution in [0, 0.1) is 17.3 Å². The first-order chi connectivity index (χ1) is 7.49. The molecule has 0 aromatic carbocycles. The average Bonchev–Trinajstić information content (AvgIpc) is 2.40. The summed E-state index contributed by atoms with van der Waals surface area (Å²) in [6, 6.07) is 0. The van der Waals surface area contributed by atoms with Gasteiger partial charge in [-0.25, -0.2) is 0 Å². The molecule has 0 aromatic heterocycles. The molecule has 4 aliphatic carbocycles. The molecule has 3 nitrogen and oxygen atoms in total. The van der Waals surface area contributed by atoms with Crippen molar-refractivity contribution in [2.75, 3.05) is 0 Å². The molecule has 16 heavy (non-hydrogen) atoms. The second kappa shape index (κ2) is 2.33. The van der Waals surface area contributed by atoms with Gasteiger partial charge >= 0.3 is 5.97 Å². The van der Waals surface area contributed by atoms with Gasteiger partial charge in [-0.15, -0.1) is 0 Å². The summed E-state index contributed by atoms with van der Waals surface area (Å²) in [5.41, 5.74) is -0.846. The van der Waals surface area contributed by atoms with Crippen molar-refractivity contribution in [3.05, 3.63) is 0 Å². The quantitative estimate of drug-likeness (QED) is 0.686. The summed E-state index contributed by atoms with van der Waals surface area (Å²) in [6.45, 7) is 1.50. The van der Waals surface area contributed by atoms with Gasteiger partial charge in [-0.1, -0.05) is 0 Å². The van der Waals surface area contributed by atoms with E-state index in [0.29, 0.717) is 18.3 Å². The van der Waals surface area contributed by atoms with Gasteiger partial charge in [0.15, 0.2) is 0 Å². The Morgan fingerprint density at radius 2 is 1.94 bits per heavy atom. The molecule has 0 aliphatic heterocycles. The van der Waals surface area contributed by atoms with E-state index in [0.717, 1.165) is 25.7 Å². The first-order valence-corrected chi connectivity index (χ1v) is 6.41. The molecule has 3 heteroatoms. The molecule has 4 saturated carbocycles. The molecule has 4 rings (SSSR count). The van der Waals surface area contributed by atoms with E-state index in [4.69, 9.17) is 4.74 Å². The maximum atomic E-state index is 11.3. The summed E-state index contributed by atoms with van der Waals surface area (Å²) in [6.07, 6.45) is 6.08. The lowest BCUT2D eigenvalue weighted by atomic mass is 9.49. The second-order valence-corrected chi connectivity index (χ2v) is 6.66. The Morgan fingerprint density at radius 1 is 1.25 bits per heavy atom. The third-order valence-corrected chi connectivity index (χ3v) is 5.87. The molecule has 4 fully saturated rings. The maximum absolute atomic E-state index is 11.3. The summed E-state index contributed by atoms with van der Waals surface area (Å²) in [4.78, 5) is 11.3. The number of carbonyl (C=O) groups excluding carboxylic acids is 1. The molecule has 1 spiro atoms. The normalized spacial score (nSPS) is 60.6. The van der Waals surface area contributed by atoms with Crippen LogP contribution in [0.2, 0.25) is 0 Å². The predicted octanol–water partition coefficient (Wildman–Crippen LogP) is 1.63. The van der Waals surface area contributed by atoms with Crippen molar-refractivity contribution < 1.29 is 14.6 Å². The fourth-order valence-electron chi connectivity index (χ4n) is 5.83. The zero-order chi connectivity index (χ0) is 11.2. The molecule has 0 heterocycles. The molecular weight excluding hydrogens is 204 g/mol. The van der Waals surface area contributed by atoms with Crippen molar-refractivity contribution in [1.82, 2.24) is 0 Å². The van der Waals surface area contributed by atoms with E-state index in [9.17, 15) is 9.90 Å². The number of fused-ring (bicyclic) bond motifs is 2. The Labute approximate surface area is 95.2 Å². The van der Waals surface area contributed by atoms with Gasteiger partial charge in [0, 0.05) is 18.8 Å². The molecule has 4 aliphatic rings. The Kier molecular flexibility index (Phi) is 1.38. The van der Waals surface area contributed by atoms with E-state index in [1.165, 1.54) is 13.3 Å². The van der Waals surface area contributed by atoms with Crippen LogP contribution < -0.4 is 0 Å². The van der Waals surface area contributed by atoms with Crippen LogP contribution in [0.15, 0.2) is 0 Å². The van der Waals surface area contributed by atoms with Crippen molar-refractivity contribution in [3.8, 4) is 0 Å². The fourth-order valence-corrected chi connectivity index (χ4v) is 5.83. The Morgan fingerprint density at radius 3 is 2.62 bits per heavy atom. The molecule has 0 amide bonds. The number of rotatable bonds is 1. The molecule has 0 saturated heterocycles. The van der Waals surface area contributed by atoms with Crippen LogP contribution in [0.3, 0.4) is 0 Å². The van der Waals surface area contributed by atoms with Gasteiger partial charge in [-0.05, 0) is 43.9 Å². The number of hydrogen-bond acceptors (Lipinski definition) is 3. The molecule has 88 valence electrons. The molecular formula is C13H18O3. The Hall–Kier alpha value is -0.570. The van der Waals surface area contributed by atoms with Gasteiger partial charge in [0.05, 0.1) is 5.60 Å². The van der Waals surface area contributed by atoms with Gasteiger partial charge < -0.3 is 9.84 Å². The lowest BCUT2D eigenvalue weighted by molar-refractivity contribution is -0.278. The third kappa shape index (κ3) is 0.755. The summed E-state index contributed by atoms with van der Waals surface area (Å²) >= 11 is 0. The highest BCUT2D eigenvalue weighted by molar-refractivity contribution is 5.67. The van der Waals surface area contributed by atoms with Crippen LogP contribution in [-0.2, 0) is 9.53 Å². The third-order valence-electron chi connectivity index (χ3n) is 5.87. The Balaban J connectivity index is 1.80. The minimum absolute atomic E-state index is 0.0563. The van der Waals surface area contributed by atoms with E-state index in [2.05, 4.69) is 0 Å². The van der Waals surface area contributed by atoms with Gasteiger partial charge in [0.1, 0.15) is 5.60 Å². The van der Waals surface area contributed by atoms with Gasteiger partial charge in [-0.3, -0.25) is 4.79 Å². The first kappa shape index (κ1) is 9.46. The molecule has 5 atom stereocenters. The fraction of sp³-hybridized carbons (Fsp3) is 0.923. The minimum Gasteiger partial charge on any atom is -0.458 e. The van der Waals surface area contributed by atoms with Crippen LogP contribution in [0.1, 0.15) is 45.4 Å². The summed E-state index contributed by atoms with van der Waals surface area (Å²) in [5, 5.41) is 10.7. The van der Waals surface area contributed by atoms with E-state index >= 15 is 0 Å². The van der Waals surface area contributed by atoms with Crippen molar-refractivity contribution >= 4 is 5.97 Å². The highest BCUT2D eigenvalue weighted by Gasteiger charge is 2.83. The molecule has 1 N–H and O–H groups in total. The number of aliphatic hydroxyl groups is 1. The monoisotopic (exact) mass is 222 g/mol. The van der Waals surface area contributed by atoms with E-state index in [1.807, 2.05) is 0 Å². The molecule has 0 radical (unpaired) electrons. The van der Waals surface area contributed by atoms with Crippen molar-refractivity contribution in [1.29, 1.82) is 0 Å². The smallest absolute Gasteiger partial charge is 0.303 e. The van der Waals surface area contributed by atoms with Crippen LogP contribution in [0.25, 0.3) is 0 Å². The summed E-state index contributed by atoms with van der Waals surface area (Å²) in [7, 11) is 0. The Bertz CT molecular complexity index is 389. The first-order valence-electron chi connectivity index (χ1n) is 6.41. The largest absolute Gasteiger partial charge is 0.458 e. The van der Waals surface area contributed by atoms with E-state index in [-0.39, 0.29) is 17.0 Å². The van der Waals surface area contributed by atoms with Crippen molar-refractivity contribution in [2.24, 2.45) is 17.3 Å². The average molecular weight is 222 g/mol. The zero-order valence-electron chi connectivity index (χ0n) is 9.66. The standard InChI is InChI=1S/C13H18O3/c1-8(14)16-13-6-10-2-9-3-11(13,4-10)12(15,5-9)7-13/h9-10,15H,2-7H2,1H3. The van der Waals surface area contributed by atoms with E-state index in [1.54, 1.807) is 0 Å². The van der Waals surface area contributed by atoms with Crippen molar-refractivity contribution in [2.45, 2.75) is 56.7 Å². The SMILES string of the molecule is CC(=O)OC12CC3CC4CC(O)(C1)C2(C4)C3. The number of esters is 1. The highest BCUT2D eigenvalue weighted by Crippen LogP contribution is 2.79. The van der Waals surface area contributed by atoms with Crippen LogP contribution in [0.5, 0.6) is 0 Å².